The van der Waals surface area contributed by atoms with E-state index in [0.717, 1.165) is 26.2 Å². The minimum atomic E-state index is -0.551. The molecule has 1 unspecified atom stereocenters. The molecule has 1 fully saturated rings. The number of aliphatic hydroxyl groups is 1. The number of rotatable bonds is 8. The highest BCUT2D eigenvalue weighted by molar-refractivity contribution is 5.39. The molecule has 10 heteroatoms. The molecule has 28 heavy (non-hydrogen) atoms. The van der Waals surface area contributed by atoms with Gasteiger partial charge in [-0.15, -0.1) is 0 Å². The van der Waals surface area contributed by atoms with Gasteiger partial charge in [0, 0.05) is 32.7 Å². The third-order valence-corrected chi connectivity index (χ3v) is 4.27. The maximum Gasteiger partial charge on any atom is 0.264 e. The molecule has 1 aliphatic rings. The van der Waals surface area contributed by atoms with Gasteiger partial charge in [-0.05, 0) is 26.1 Å². The van der Waals surface area contributed by atoms with Gasteiger partial charge in [0.15, 0.2) is 23.9 Å². The van der Waals surface area contributed by atoms with Gasteiger partial charge >= 0.3 is 0 Å². The molecule has 8 nitrogen and oxygen atoms in total. The van der Waals surface area contributed by atoms with E-state index in [1.165, 1.54) is 0 Å². The van der Waals surface area contributed by atoms with Gasteiger partial charge in [-0.25, -0.2) is 0 Å². The number of likely N-dealkylation sites (N-methyl/N-ethyl adjacent to an activating group) is 1. The molecule has 1 aliphatic heterocycles. The summed E-state index contributed by atoms with van der Waals surface area (Å²) in [7, 11) is 2.11. The summed E-state index contributed by atoms with van der Waals surface area (Å²) in [5, 5.41) is 14.0. The van der Waals surface area contributed by atoms with Crippen LogP contribution < -0.4 is 34.3 Å². The van der Waals surface area contributed by atoms with E-state index in [1.807, 2.05) is 24.3 Å². The van der Waals surface area contributed by atoms with Crippen LogP contribution in [0.1, 0.15) is 11.7 Å². The number of benzene rings is 1. The Labute approximate surface area is 177 Å². The van der Waals surface area contributed by atoms with E-state index in [-0.39, 0.29) is 38.0 Å². The molecule has 1 aromatic carbocycles. The maximum absolute atomic E-state index is 10.3. The number of aromatic nitrogens is 2. The average Bonchev–Trinajstić information content (AvgIpc) is 3.06. The van der Waals surface area contributed by atoms with Crippen LogP contribution in [-0.4, -0.2) is 77.5 Å². The standard InChI is InChI=1S/C18H26N4O4.2ClH/c1-14-19-18(26-20-14)13-25-17-6-4-3-5-16(17)24-12-15(23)11-22-9-7-21(2)8-10-22;;/h3-6,15,23H,7-13H2,1-2H3;2*1H/p-2. The van der Waals surface area contributed by atoms with E-state index >= 15 is 0 Å². The maximum atomic E-state index is 10.3. The molecular formula is C18H26Cl2N4O4-2. The van der Waals surface area contributed by atoms with Crippen LogP contribution in [0.5, 0.6) is 11.5 Å². The number of ether oxygens (including phenoxy) is 2. The summed E-state index contributed by atoms with van der Waals surface area (Å²) in [6, 6.07) is 7.36. The highest BCUT2D eigenvalue weighted by Gasteiger charge is 2.18. The largest absolute Gasteiger partial charge is 1.00 e. The highest BCUT2D eigenvalue weighted by atomic mass is 35.5. The van der Waals surface area contributed by atoms with Gasteiger partial charge < -0.3 is 48.8 Å². The SMILES string of the molecule is Cc1noc(COc2ccccc2OCC(O)CN2CCN(C)CC2)n1.[Cl-].[Cl-]. The van der Waals surface area contributed by atoms with Crippen molar-refractivity contribution in [2.45, 2.75) is 19.6 Å². The van der Waals surface area contributed by atoms with Gasteiger partial charge in [-0.2, -0.15) is 4.98 Å². The second-order valence-electron chi connectivity index (χ2n) is 6.54. The molecule has 1 N–H and O–H groups in total. The summed E-state index contributed by atoms with van der Waals surface area (Å²) in [6.07, 6.45) is -0.551. The summed E-state index contributed by atoms with van der Waals surface area (Å²) in [5.41, 5.74) is 0. The van der Waals surface area contributed by atoms with Gasteiger partial charge in [-0.3, -0.25) is 4.90 Å². The number of para-hydroxylation sites is 2. The van der Waals surface area contributed by atoms with Crippen molar-refractivity contribution >= 4 is 0 Å². The first-order chi connectivity index (χ1) is 12.6. The molecule has 1 saturated heterocycles. The monoisotopic (exact) mass is 432 g/mol. The van der Waals surface area contributed by atoms with E-state index in [0.29, 0.717) is 29.8 Å². The number of nitrogens with zero attached hydrogens (tertiary/aromatic N) is 4. The normalized spacial score (nSPS) is 16.0. The van der Waals surface area contributed by atoms with Crippen molar-refractivity contribution in [3.63, 3.8) is 0 Å². The van der Waals surface area contributed by atoms with Crippen molar-refractivity contribution in [2.75, 3.05) is 46.4 Å². The van der Waals surface area contributed by atoms with E-state index in [4.69, 9.17) is 14.0 Å². The second-order valence-corrected chi connectivity index (χ2v) is 6.54. The van der Waals surface area contributed by atoms with Crippen LogP contribution in [0.4, 0.5) is 0 Å². The van der Waals surface area contributed by atoms with E-state index in [9.17, 15) is 5.11 Å². The minimum absolute atomic E-state index is 0. The summed E-state index contributed by atoms with van der Waals surface area (Å²) in [6.45, 7) is 6.74. The fourth-order valence-electron chi connectivity index (χ4n) is 2.79. The van der Waals surface area contributed by atoms with Gasteiger partial charge in [0.2, 0.25) is 0 Å². The van der Waals surface area contributed by atoms with Gasteiger partial charge in [-0.1, -0.05) is 17.3 Å². The number of β-amino-alcohol motifs (C(OH)–C–C–N with tert-alkyl or cyclic N) is 1. The number of hydrogen-bond acceptors (Lipinski definition) is 8. The first kappa shape index (κ1) is 24.5. The van der Waals surface area contributed by atoms with E-state index in [1.54, 1.807) is 6.92 Å². The zero-order chi connectivity index (χ0) is 18.4. The summed E-state index contributed by atoms with van der Waals surface area (Å²) < 4.78 is 16.5. The highest BCUT2D eigenvalue weighted by Crippen LogP contribution is 2.27. The molecule has 0 amide bonds. The summed E-state index contributed by atoms with van der Waals surface area (Å²) in [4.78, 5) is 8.66. The Bertz CT molecular complexity index is 696. The Morgan fingerprint density at radius 1 is 1.11 bits per heavy atom. The van der Waals surface area contributed by atoms with Crippen LogP contribution in [0.2, 0.25) is 0 Å². The molecule has 0 radical (unpaired) electrons. The lowest BCUT2D eigenvalue weighted by molar-refractivity contribution is -0.001000. The molecule has 2 heterocycles. The number of aliphatic hydroxyl groups excluding tert-OH is 1. The van der Waals surface area contributed by atoms with Gasteiger partial charge in [0.25, 0.3) is 5.89 Å². The first-order valence-corrected chi connectivity index (χ1v) is 8.83. The van der Waals surface area contributed by atoms with Crippen molar-refractivity contribution in [1.82, 2.24) is 19.9 Å². The van der Waals surface area contributed by atoms with Crippen LogP contribution in [0, 0.1) is 6.92 Å². The molecule has 3 rings (SSSR count). The zero-order valence-electron chi connectivity index (χ0n) is 16.1. The van der Waals surface area contributed by atoms with Gasteiger partial charge in [0.05, 0.1) is 0 Å². The van der Waals surface area contributed by atoms with Crippen molar-refractivity contribution in [2.24, 2.45) is 0 Å². The van der Waals surface area contributed by atoms with Crippen LogP contribution in [0.3, 0.4) is 0 Å². The minimum Gasteiger partial charge on any atom is -1.00 e. The average molecular weight is 433 g/mol. The Kier molecular flexibility index (Phi) is 10.6. The quantitative estimate of drug-likeness (QED) is 0.443. The molecule has 1 aromatic heterocycles. The van der Waals surface area contributed by atoms with Crippen LogP contribution in [0.15, 0.2) is 28.8 Å². The molecule has 0 spiro atoms. The molecule has 2 aromatic rings. The first-order valence-electron chi connectivity index (χ1n) is 8.83. The Morgan fingerprint density at radius 3 is 2.36 bits per heavy atom. The molecular weight excluding hydrogens is 407 g/mol. The second kappa shape index (κ2) is 12.1. The molecule has 0 bridgehead atoms. The predicted molar refractivity (Wildman–Crippen MR) is 95.2 cm³/mol. The lowest BCUT2D eigenvalue weighted by Gasteiger charge is -2.33. The van der Waals surface area contributed by atoms with Crippen LogP contribution in [-0.2, 0) is 6.61 Å². The molecule has 1 atom stereocenters. The van der Waals surface area contributed by atoms with Crippen molar-refractivity contribution in [3.8, 4) is 11.5 Å². The zero-order valence-corrected chi connectivity index (χ0v) is 17.6. The van der Waals surface area contributed by atoms with Crippen LogP contribution >= 0.6 is 0 Å². The van der Waals surface area contributed by atoms with Crippen molar-refractivity contribution in [3.05, 3.63) is 36.0 Å². The predicted octanol–water partition coefficient (Wildman–Crippen LogP) is -5.05. The molecule has 158 valence electrons. The number of hydrogen-bond donors (Lipinski definition) is 1. The molecule has 0 saturated carbocycles. The fourth-order valence-corrected chi connectivity index (χ4v) is 2.79. The lowest BCUT2D eigenvalue weighted by Crippen LogP contribution is -3.00. The lowest BCUT2D eigenvalue weighted by atomic mass is 10.2. The van der Waals surface area contributed by atoms with Crippen molar-refractivity contribution < 1.29 is 43.9 Å². The third-order valence-electron chi connectivity index (χ3n) is 4.27. The summed E-state index contributed by atoms with van der Waals surface area (Å²) >= 11 is 0. The Morgan fingerprint density at radius 2 is 1.75 bits per heavy atom. The third kappa shape index (κ3) is 7.44. The fraction of sp³-hybridized carbons (Fsp3) is 0.556. The van der Waals surface area contributed by atoms with Gasteiger partial charge in [0.1, 0.15) is 12.7 Å². The Balaban J connectivity index is 0.00000196. The topological polar surface area (TPSA) is 84.1 Å². The van der Waals surface area contributed by atoms with Crippen molar-refractivity contribution in [1.29, 1.82) is 0 Å². The number of piperazine rings is 1. The van der Waals surface area contributed by atoms with E-state index < -0.39 is 6.10 Å². The molecule has 0 aliphatic carbocycles. The summed E-state index contributed by atoms with van der Waals surface area (Å²) in [5.74, 6) is 2.14. The smallest absolute Gasteiger partial charge is 0.264 e. The Hall–Kier alpha value is -1.58. The van der Waals surface area contributed by atoms with E-state index in [2.05, 4.69) is 27.0 Å². The van der Waals surface area contributed by atoms with Crippen LogP contribution in [0.25, 0.3) is 0 Å². The number of aryl methyl sites for hydroxylation is 1. The number of halogens is 2.